The average Bonchev–Trinajstić information content (AvgIpc) is 2.83. The van der Waals surface area contributed by atoms with Crippen molar-refractivity contribution in [2.45, 2.75) is 32.1 Å². The van der Waals surface area contributed by atoms with Crippen molar-refractivity contribution in [3.63, 3.8) is 0 Å². The van der Waals surface area contributed by atoms with Gasteiger partial charge >= 0.3 is 5.97 Å². The van der Waals surface area contributed by atoms with Crippen LogP contribution in [0.4, 0.5) is 0 Å². The van der Waals surface area contributed by atoms with Gasteiger partial charge < -0.3 is 9.84 Å². The fraction of sp³-hybridized carbons (Fsp3) is 0.207. The Balaban J connectivity index is 1.57. The van der Waals surface area contributed by atoms with E-state index in [4.69, 9.17) is 4.74 Å². The van der Waals surface area contributed by atoms with Crippen LogP contribution in [0, 0.1) is 0 Å². The number of carbonyl (C=O) groups is 1. The molecular formula is C29H28O3. The van der Waals surface area contributed by atoms with E-state index in [-0.39, 0.29) is 0 Å². The third kappa shape index (κ3) is 4.83. The maximum Gasteiger partial charge on any atom is 0.335 e. The van der Waals surface area contributed by atoms with Crippen molar-refractivity contribution in [2.75, 3.05) is 7.11 Å². The van der Waals surface area contributed by atoms with Crippen LogP contribution in [0.25, 0.3) is 21.9 Å². The predicted molar refractivity (Wildman–Crippen MR) is 131 cm³/mol. The lowest BCUT2D eigenvalue weighted by molar-refractivity contribution is 0.0697. The topological polar surface area (TPSA) is 46.5 Å². The monoisotopic (exact) mass is 424 g/mol. The van der Waals surface area contributed by atoms with E-state index in [1.165, 1.54) is 16.5 Å². The lowest BCUT2D eigenvalue weighted by Gasteiger charge is -2.14. The normalized spacial score (nSPS) is 11.9. The largest absolute Gasteiger partial charge is 0.497 e. The Morgan fingerprint density at radius 3 is 2.56 bits per heavy atom. The minimum atomic E-state index is -0.904. The Kier molecular flexibility index (Phi) is 6.55. The van der Waals surface area contributed by atoms with E-state index in [2.05, 4.69) is 49.4 Å². The molecule has 0 aliphatic heterocycles. The summed E-state index contributed by atoms with van der Waals surface area (Å²) in [5.74, 6) is 0.452. The lowest BCUT2D eigenvalue weighted by Crippen LogP contribution is -1.97. The van der Waals surface area contributed by atoms with Gasteiger partial charge in [0, 0.05) is 0 Å². The maximum atomic E-state index is 11.5. The van der Waals surface area contributed by atoms with Crippen LogP contribution in [0.5, 0.6) is 5.75 Å². The second kappa shape index (κ2) is 9.69. The second-order valence-corrected chi connectivity index (χ2v) is 8.32. The third-order valence-corrected chi connectivity index (χ3v) is 6.11. The summed E-state index contributed by atoms with van der Waals surface area (Å²) in [6, 6.07) is 28.3. The van der Waals surface area contributed by atoms with Gasteiger partial charge in [-0.2, -0.15) is 0 Å². The highest BCUT2D eigenvalue weighted by Gasteiger charge is 2.11. The van der Waals surface area contributed by atoms with E-state index in [0.717, 1.165) is 41.5 Å². The van der Waals surface area contributed by atoms with E-state index >= 15 is 0 Å². The van der Waals surface area contributed by atoms with Crippen LogP contribution in [-0.2, 0) is 6.42 Å². The molecule has 0 radical (unpaired) electrons. The molecule has 1 N–H and O–H groups in total. The second-order valence-electron chi connectivity index (χ2n) is 8.32. The van der Waals surface area contributed by atoms with E-state index in [9.17, 15) is 9.90 Å². The summed E-state index contributed by atoms with van der Waals surface area (Å²) in [5.41, 5.74) is 4.91. The van der Waals surface area contributed by atoms with Gasteiger partial charge in [-0.3, -0.25) is 0 Å². The van der Waals surface area contributed by atoms with Crippen molar-refractivity contribution in [1.29, 1.82) is 0 Å². The quantitative estimate of drug-likeness (QED) is 0.322. The molecule has 4 aromatic carbocycles. The first-order valence-electron chi connectivity index (χ1n) is 11.0. The molecule has 3 heteroatoms. The summed E-state index contributed by atoms with van der Waals surface area (Å²) in [6.45, 7) is 2.26. The van der Waals surface area contributed by atoms with Crippen molar-refractivity contribution < 1.29 is 14.6 Å². The molecule has 0 saturated carbocycles. The number of aryl methyl sites for hydroxylation is 1. The van der Waals surface area contributed by atoms with E-state index in [0.29, 0.717) is 11.5 Å². The zero-order valence-electron chi connectivity index (χ0n) is 18.5. The van der Waals surface area contributed by atoms with Crippen LogP contribution < -0.4 is 4.74 Å². The number of hydrogen-bond acceptors (Lipinski definition) is 2. The molecule has 0 unspecified atom stereocenters. The van der Waals surface area contributed by atoms with Gasteiger partial charge in [0.1, 0.15) is 5.75 Å². The van der Waals surface area contributed by atoms with Crippen LogP contribution >= 0.6 is 0 Å². The number of methoxy groups -OCH3 is 1. The predicted octanol–water partition coefficient (Wildman–Crippen LogP) is 7.34. The van der Waals surface area contributed by atoms with Crippen molar-refractivity contribution in [1.82, 2.24) is 0 Å². The van der Waals surface area contributed by atoms with Crippen molar-refractivity contribution in [2.24, 2.45) is 0 Å². The lowest BCUT2D eigenvalue weighted by atomic mass is 9.91. The van der Waals surface area contributed by atoms with Gasteiger partial charge in [0.05, 0.1) is 12.7 Å². The molecule has 1 atom stereocenters. The van der Waals surface area contributed by atoms with Gasteiger partial charge in [0.2, 0.25) is 0 Å². The van der Waals surface area contributed by atoms with Crippen molar-refractivity contribution in [3.8, 4) is 16.9 Å². The van der Waals surface area contributed by atoms with Crippen molar-refractivity contribution in [3.05, 3.63) is 102 Å². The fourth-order valence-electron chi connectivity index (χ4n) is 4.30. The van der Waals surface area contributed by atoms with Crippen LogP contribution in [-0.4, -0.2) is 18.2 Å². The zero-order chi connectivity index (χ0) is 22.5. The number of benzene rings is 4. The summed E-state index contributed by atoms with van der Waals surface area (Å²) in [5, 5.41) is 11.7. The number of rotatable bonds is 8. The molecule has 0 heterocycles. The Morgan fingerprint density at radius 1 is 0.938 bits per heavy atom. The van der Waals surface area contributed by atoms with E-state index in [1.54, 1.807) is 19.2 Å². The first-order valence-corrected chi connectivity index (χ1v) is 11.0. The minimum absolute atomic E-state index is 0.309. The molecular weight excluding hydrogens is 396 g/mol. The summed E-state index contributed by atoms with van der Waals surface area (Å²) < 4.78 is 5.36. The van der Waals surface area contributed by atoms with Gasteiger partial charge in [-0.15, -0.1) is 0 Å². The Bertz CT molecular complexity index is 1240. The Hall–Kier alpha value is -3.59. The summed E-state index contributed by atoms with van der Waals surface area (Å²) in [6.07, 6.45) is 3.14. The van der Waals surface area contributed by atoms with Gasteiger partial charge in [-0.1, -0.05) is 67.6 Å². The number of aromatic carboxylic acids is 1. The number of fused-ring (bicyclic) bond motifs is 1. The molecule has 0 aliphatic carbocycles. The fourth-order valence-corrected chi connectivity index (χ4v) is 4.30. The molecule has 0 fully saturated rings. The first kappa shape index (κ1) is 21.6. The molecule has 32 heavy (non-hydrogen) atoms. The molecule has 4 aromatic rings. The zero-order valence-corrected chi connectivity index (χ0v) is 18.5. The molecule has 162 valence electrons. The number of hydrogen-bond donors (Lipinski definition) is 1. The average molecular weight is 425 g/mol. The number of ether oxygens (including phenoxy) is 1. The highest BCUT2D eigenvalue weighted by Crippen LogP contribution is 2.32. The highest BCUT2D eigenvalue weighted by atomic mass is 16.5. The molecule has 3 nitrogen and oxygen atoms in total. The SMILES string of the molecule is COc1cccc([C@@H](C)CCCc2cc(-c3cccc(C(=O)O)c3)c3ccccc3c2)c1. The number of carboxylic acids is 1. The van der Waals surface area contributed by atoms with Gasteiger partial charge in [-0.25, -0.2) is 4.79 Å². The first-order chi connectivity index (χ1) is 15.5. The Morgan fingerprint density at radius 2 is 1.75 bits per heavy atom. The van der Waals surface area contributed by atoms with Crippen LogP contribution in [0.1, 0.15) is 47.2 Å². The minimum Gasteiger partial charge on any atom is -0.497 e. The van der Waals surface area contributed by atoms with Crippen LogP contribution in [0.2, 0.25) is 0 Å². The molecule has 0 bridgehead atoms. The van der Waals surface area contributed by atoms with E-state index < -0.39 is 5.97 Å². The molecule has 4 rings (SSSR count). The molecule has 0 saturated heterocycles. The van der Waals surface area contributed by atoms with Crippen molar-refractivity contribution >= 4 is 16.7 Å². The van der Waals surface area contributed by atoms with Gasteiger partial charge in [-0.05, 0) is 82.5 Å². The van der Waals surface area contributed by atoms with Crippen LogP contribution in [0.3, 0.4) is 0 Å². The molecule has 0 aromatic heterocycles. The molecule has 0 amide bonds. The molecule has 0 spiro atoms. The summed E-state index contributed by atoms with van der Waals surface area (Å²) in [4.78, 5) is 11.5. The molecule has 0 aliphatic rings. The Labute approximate surface area is 189 Å². The number of carboxylic acid groups (broad SMARTS) is 1. The van der Waals surface area contributed by atoms with Gasteiger partial charge in [0.25, 0.3) is 0 Å². The highest BCUT2D eigenvalue weighted by molar-refractivity contribution is 5.98. The standard InChI is InChI=1S/C29H28O3/c1-20(22-11-7-14-26(19-22)32-2)8-5-9-21-16-23-10-3-4-15-27(23)28(17-21)24-12-6-13-25(18-24)29(30)31/h3-4,6-7,10-20H,5,8-9H2,1-2H3,(H,30,31)/t20-/m0/s1. The maximum absolute atomic E-state index is 11.5. The summed E-state index contributed by atoms with van der Waals surface area (Å²) in [7, 11) is 1.70. The van der Waals surface area contributed by atoms with Crippen LogP contribution in [0.15, 0.2) is 84.9 Å². The summed E-state index contributed by atoms with van der Waals surface area (Å²) >= 11 is 0. The third-order valence-electron chi connectivity index (χ3n) is 6.11. The smallest absolute Gasteiger partial charge is 0.335 e. The van der Waals surface area contributed by atoms with Gasteiger partial charge in [0.15, 0.2) is 0 Å². The van der Waals surface area contributed by atoms with E-state index in [1.807, 2.05) is 30.3 Å².